The van der Waals surface area contributed by atoms with Crippen LogP contribution in [-0.4, -0.2) is 59.1 Å². The molecule has 4 rings (SSSR count). The number of para-hydroxylation sites is 1. The number of benzene rings is 2. The Bertz CT molecular complexity index is 1080. The maximum absolute atomic E-state index is 13.3. The van der Waals surface area contributed by atoms with E-state index in [4.69, 9.17) is 0 Å². The summed E-state index contributed by atoms with van der Waals surface area (Å²) < 4.78 is 42.3. The van der Waals surface area contributed by atoms with Crippen LogP contribution < -0.4 is 4.90 Å². The van der Waals surface area contributed by atoms with E-state index >= 15 is 0 Å². The van der Waals surface area contributed by atoms with Crippen LogP contribution in [0.25, 0.3) is 5.69 Å². The lowest BCUT2D eigenvalue weighted by atomic mass is 10.2. The largest absolute Gasteiger partial charge is 0.337 e. The van der Waals surface area contributed by atoms with Gasteiger partial charge in [-0.15, -0.1) is 0 Å². The SMILES string of the molecule is Cc1cc(F)ccc1S(=O)(=O)N1CCN(c2nnnn2-c2ccccc2)CC1. The molecule has 0 unspecified atom stereocenters. The number of aryl methyl sites for hydroxylation is 1. The van der Waals surface area contributed by atoms with Crippen molar-refractivity contribution in [2.45, 2.75) is 11.8 Å². The maximum atomic E-state index is 13.3. The number of halogens is 1. The highest BCUT2D eigenvalue weighted by Crippen LogP contribution is 2.23. The minimum absolute atomic E-state index is 0.136. The van der Waals surface area contributed by atoms with Crippen molar-refractivity contribution in [3.05, 3.63) is 59.9 Å². The van der Waals surface area contributed by atoms with E-state index in [1.165, 1.54) is 22.5 Å². The molecule has 0 atom stereocenters. The standard InChI is InChI=1S/C18H19FN6O2S/c1-14-13-15(19)7-8-17(14)28(26,27)24-11-9-23(10-12-24)18-20-21-22-25(18)16-5-3-2-4-6-16/h2-8,13H,9-12H2,1H3. The van der Waals surface area contributed by atoms with Gasteiger partial charge >= 0.3 is 0 Å². The molecule has 0 spiro atoms. The van der Waals surface area contributed by atoms with Crippen LogP contribution in [0.4, 0.5) is 10.3 Å². The van der Waals surface area contributed by atoms with Gasteiger partial charge < -0.3 is 4.90 Å². The van der Waals surface area contributed by atoms with E-state index < -0.39 is 15.8 Å². The Labute approximate surface area is 162 Å². The molecular weight excluding hydrogens is 383 g/mol. The number of rotatable bonds is 4. The van der Waals surface area contributed by atoms with Gasteiger partial charge in [-0.2, -0.15) is 8.99 Å². The summed E-state index contributed by atoms with van der Waals surface area (Å²) in [6, 6.07) is 13.2. The molecule has 1 aromatic heterocycles. The van der Waals surface area contributed by atoms with Crippen LogP contribution in [0.2, 0.25) is 0 Å². The number of nitrogens with zero attached hydrogens (tertiary/aromatic N) is 6. The van der Waals surface area contributed by atoms with Crippen LogP contribution in [0.3, 0.4) is 0 Å². The van der Waals surface area contributed by atoms with Crippen LogP contribution in [-0.2, 0) is 10.0 Å². The van der Waals surface area contributed by atoms with Crippen molar-refractivity contribution >= 4 is 16.0 Å². The van der Waals surface area contributed by atoms with E-state index in [0.29, 0.717) is 37.7 Å². The predicted molar refractivity (Wildman–Crippen MR) is 101 cm³/mol. The van der Waals surface area contributed by atoms with E-state index in [2.05, 4.69) is 15.5 Å². The number of hydrogen-bond acceptors (Lipinski definition) is 6. The lowest BCUT2D eigenvalue weighted by molar-refractivity contribution is 0.381. The molecule has 1 fully saturated rings. The molecule has 3 aromatic rings. The summed E-state index contributed by atoms with van der Waals surface area (Å²) in [4.78, 5) is 2.09. The third-order valence-electron chi connectivity index (χ3n) is 4.73. The highest BCUT2D eigenvalue weighted by Gasteiger charge is 2.31. The van der Waals surface area contributed by atoms with Gasteiger partial charge in [-0.1, -0.05) is 23.3 Å². The first-order valence-electron chi connectivity index (χ1n) is 8.82. The first kappa shape index (κ1) is 18.5. The van der Waals surface area contributed by atoms with E-state index in [1.54, 1.807) is 11.6 Å². The molecule has 0 saturated carbocycles. The topological polar surface area (TPSA) is 84.2 Å². The van der Waals surface area contributed by atoms with E-state index in [-0.39, 0.29) is 4.90 Å². The zero-order valence-corrected chi connectivity index (χ0v) is 16.0. The highest BCUT2D eigenvalue weighted by molar-refractivity contribution is 7.89. The van der Waals surface area contributed by atoms with Gasteiger partial charge in [0.25, 0.3) is 0 Å². The van der Waals surface area contributed by atoms with Crippen LogP contribution in [0, 0.1) is 12.7 Å². The summed E-state index contributed by atoms with van der Waals surface area (Å²) >= 11 is 0. The van der Waals surface area contributed by atoms with Crippen molar-refractivity contribution in [3.63, 3.8) is 0 Å². The Balaban J connectivity index is 1.52. The second kappa shape index (κ2) is 7.28. The second-order valence-electron chi connectivity index (χ2n) is 6.53. The normalized spacial score (nSPS) is 15.7. The van der Waals surface area contributed by atoms with E-state index in [1.807, 2.05) is 35.2 Å². The van der Waals surface area contributed by atoms with Crippen molar-refractivity contribution in [3.8, 4) is 5.69 Å². The van der Waals surface area contributed by atoms with Gasteiger partial charge in [0.2, 0.25) is 16.0 Å². The second-order valence-corrected chi connectivity index (χ2v) is 8.43. The van der Waals surface area contributed by atoms with Gasteiger partial charge in [-0.3, -0.25) is 0 Å². The molecule has 2 aromatic carbocycles. The Hall–Kier alpha value is -2.85. The average Bonchev–Trinajstić information content (AvgIpc) is 3.18. The minimum Gasteiger partial charge on any atom is -0.337 e. The van der Waals surface area contributed by atoms with Crippen LogP contribution in [0.15, 0.2) is 53.4 Å². The van der Waals surface area contributed by atoms with Gasteiger partial charge in [0.05, 0.1) is 10.6 Å². The summed E-state index contributed by atoms with van der Waals surface area (Å²) in [5, 5.41) is 11.9. The molecule has 0 N–H and O–H groups in total. The molecule has 28 heavy (non-hydrogen) atoms. The number of piperazine rings is 1. The van der Waals surface area contributed by atoms with Gasteiger partial charge in [-0.05, 0) is 53.2 Å². The molecule has 8 nitrogen and oxygen atoms in total. The monoisotopic (exact) mass is 402 g/mol. The molecule has 146 valence electrons. The lowest BCUT2D eigenvalue weighted by Crippen LogP contribution is -2.49. The zero-order chi connectivity index (χ0) is 19.7. The summed E-state index contributed by atoms with van der Waals surface area (Å²) in [6.45, 7) is 3.08. The Morgan fingerprint density at radius 3 is 2.39 bits per heavy atom. The van der Waals surface area contributed by atoms with Crippen molar-refractivity contribution < 1.29 is 12.8 Å². The summed E-state index contributed by atoms with van der Waals surface area (Å²) in [7, 11) is -3.68. The van der Waals surface area contributed by atoms with Crippen molar-refractivity contribution in [1.29, 1.82) is 0 Å². The molecule has 10 heteroatoms. The molecule has 1 saturated heterocycles. The van der Waals surface area contributed by atoms with Crippen molar-refractivity contribution in [1.82, 2.24) is 24.5 Å². The Morgan fingerprint density at radius 1 is 1.00 bits per heavy atom. The predicted octanol–water partition coefficient (Wildman–Crippen LogP) is 1.62. The zero-order valence-electron chi connectivity index (χ0n) is 15.2. The molecular formula is C18H19FN6O2S. The number of anilines is 1. The lowest BCUT2D eigenvalue weighted by Gasteiger charge is -2.34. The van der Waals surface area contributed by atoms with Gasteiger partial charge in [-0.25, -0.2) is 12.8 Å². The highest BCUT2D eigenvalue weighted by atomic mass is 32.2. The van der Waals surface area contributed by atoms with Gasteiger partial charge in [0, 0.05) is 26.2 Å². The maximum Gasteiger partial charge on any atom is 0.250 e. The van der Waals surface area contributed by atoms with Crippen LogP contribution >= 0.6 is 0 Å². The third kappa shape index (κ3) is 3.36. The van der Waals surface area contributed by atoms with Crippen molar-refractivity contribution in [2.24, 2.45) is 0 Å². The van der Waals surface area contributed by atoms with E-state index in [9.17, 15) is 12.8 Å². The smallest absolute Gasteiger partial charge is 0.250 e. The fourth-order valence-electron chi connectivity index (χ4n) is 3.29. The summed E-state index contributed by atoms with van der Waals surface area (Å²) in [5.41, 5.74) is 1.23. The van der Waals surface area contributed by atoms with E-state index in [0.717, 1.165) is 5.69 Å². The summed E-state index contributed by atoms with van der Waals surface area (Å²) in [6.07, 6.45) is 0. The number of tetrazole rings is 1. The molecule has 0 aliphatic carbocycles. The third-order valence-corrected chi connectivity index (χ3v) is 6.79. The first-order valence-corrected chi connectivity index (χ1v) is 10.3. The van der Waals surface area contributed by atoms with Gasteiger partial charge in [0.15, 0.2) is 0 Å². The Morgan fingerprint density at radius 2 is 1.71 bits per heavy atom. The quantitative estimate of drug-likeness (QED) is 0.659. The van der Waals surface area contributed by atoms with Crippen LogP contribution in [0.1, 0.15) is 5.56 Å². The average molecular weight is 402 g/mol. The Kier molecular flexibility index (Phi) is 4.82. The van der Waals surface area contributed by atoms with Gasteiger partial charge in [0.1, 0.15) is 5.82 Å². The van der Waals surface area contributed by atoms with Crippen LogP contribution in [0.5, 0.6) is 0 Å². The molecule has 0 radical (unpaired) electrons. The minimum atomic E-state index is -3.68. The first-order chi connectivity index (χ1) is 13.5. The molecule has 0 amide bonds. The van der Waals surface area contributed by atoms with Crippen molar-refractivity contribution in [2.75, 3.05) is 31.1 Å². The fourth-order valence-corrected chi connectivity index (χ4v) is 4.91. The molecule has 2 heterocycles. The summed E-state index contributed by atoms with van der Waals surface area (Å²) in [5.74, 6) is 0.121. The number of aromatic nitrogens is 4. The molecule has 0 bridgehead atoms. The number of hydrogen-bond donors (Lipinski definition) is 0. The fraction of sp³-hybridized carbons (Fsp3) is 0.278. The molecule has 1 aliphatic rings. The molecule has 1 aliphatic heterocycles. The number of sulfonamides is 1.